The molecule has 23 heavy (non-hydrogen) atoms. The maximum Gasteiger partial charge on any atom is 0.238 e. The molecule has 5 heteroatoms. The number of rotatable bonds is 10. The lowest BCUT2D eigenvalue weighted by Gasteiger charge is -2.09. The zero-order valence-electron chi connectivity index (χ0n) is 13.6. The van der Waals surface area contributed by atoms with E-state index in [0.29, 0.717) is 6.61 Å². The molecule has 1 N–H and O–H groups in total. The molecule has 2 heterocycles. The van der Waals surface area contributed by atoms with Gasteiger partial charge in [-0.2, -0.15) is 9.78 Å². The van der Waals surface area contributed by atoms with Gasteiger partial charge in [0.25, 0.3) is 0 Å². The molecule has 0 spiro atoms. The van der Waals surface area contributed by atoms with Gasteiger partial charge in [-0.05, 0) is 37.0 Å². The summed E-state index contributed by atoms with van der Waals surface area (Å²) >= 11 is 0. The van der Waals surface area contributed by atoms with Gasteiger partial charge in [0.2, 0.25) is 5.79 Å². The van der Waals surface area contributed by atoms with Crippen molar-refractivity contribution in [2.24, 2.45) is 0 Å². The molecule has 0 atom stereocenters. The number of aryl methyl sites for hydroxylation is 1. The Hall–Kier alpha value is -1.85. The second-order valence-corrected chi connectivity index (χ2v) is 6.01. The molecule has 0 unspecified atom stereocenters. The van der Waals surface area contributed by atoms with E-state index in [1.165, 1.54) is 5.56 Å². The van der Waals surface area contributed by atoms with Crippen LogP contribution in [0.5, 0.6) is 5.75 Å². The molecule has 1 aromatic carbocycles. The van der Waals surface area contributed by atoms with E-state index < -0.39 is 0 Å². The number of ether oxygens (including phenoxy) is 1. The molecule has 1 aliphatic rings. The Morgan fingerprint density at radius 1 is 1.17 bits per heavy atom. The number of aromatic nitrogens is 2. The minimum atomic E-state index is -0.373. The largest absolute Gasteiger partial charge is 0.494 e. The number of unbranched alkanes of at least 4 members (excludes halogenated alkanes) is 1. The summed E-state index contributed by atoms with van der Waals surface area (Å²) in [7, 11) is 0. The first-order valence-electron chi connectivity index (χ1n) is 8.36. The van der Waals surface area contributed by atoms with E-state index in [1.807, 2.05) is 18.3 Å². The summed E-state index contributed by atoms with van der Waals surface area (Å²) < 4.78 is 5.77. The Morgan fingerprint density at radius 3 is 2.65 bits per heavy atom. The van der Waals surface area contributed by atoms with Gasteiger partial charge in [0.1, 0.15) is 5.75 Å². The van der Waals surface area contributed by atoms with E-state index in [9.17, 15) is 0 Å². The van der Waals surface area contributed by atoms with Gasteiger partial charge < -0.3 is 9.72 Å². The van der Waals surface area contributed by atoms with E-state index >= 15 is 0 Å². The number of benzene rings is 1. The summed E-state index contributed by atoms with van der Waals surface area (Å²) in [5.74, 6) is 0.526. The van der Waals surface area contributed by atoms with Crippen LogP contribution in [0, 0.1) is 0 Å². The molecule has 1 aromatic heterocycles. The smallest absolute Gasteiger partial charge is 0.238 e. The molecule has 0 radical (unpaired) electrons. The maximum absolute atomic E-state index is 5.77. The lowest BCUT2D eigenvalue weighted by atomic mass is 10.0. The van der Waals surface area contributed by atoms with Crippen molar-refractivity contribution in [2.75, 3.05) is 6.61 Å². The average Bonchev–Trinajstić information content (AvgIpc) is 3.13. The Morgan fingerprint density at radius 2 is 2.00 bits per heavy atom. The van der Waals surface area contributed by atoms with Gasteiger partial charge in [-0.25, -0.2) is 4.98 Å². The van der Waals surface area contributed by atoms with Crippen LogP contribution in [0.15, 0.2) is 36.8 Å². The predicted molar refractivity (Wildman–Crippen MR) is 87.0 cm³/mol. The molecule has 0 saturated carbocycles. The molecule has 1 saturated heterocycles. The van der Waals surface area contributed by atoms with Crippen LogP contribution in [0.3, 0.4) is 0 Å². The van der Waals surface area contributed by atoms with Gasteiger partial charge >= 0.3 is 0 Å². The highest BCUT2D eigenvalue weighted by Crippen LogP contribution is 2.38. The van der Waals surface area contributed by atoms with Crippen molar-refractivity contribution >= 4 is 0 Å². The van der Waals surface area contributed by atoms with E-state index in [-0.39, 0.29) is 5.79 Å². The second kappa shape index (κ2) is 7.62. The number of aromatic amines is 1. The highest BCUT2D eigenvalue weighted by atomic mass is 17.4. The molecule has 0 bridgehead atoms. The summed E-state index contributed by atoms with van der Waals surface area (Å²) in [5.41, 5.74) is 2.29. The van der Waals surface area contributed by atoms with E-state index in [2.05, 4.69) is 29.0 Å². The van der Waals surface area contributed by atoms with Gasteiger partial charge in [-0.15, -0.1) is 0 Å². The summed E-state index contributed by atoms with van der Waals surface area (Å²) in [4.78, 5) is 17.6. The first kappa shape index (κ1) is 16.0. The van der Waals surface area contributed by atoms with Crippen LogP contribution in [-0.2, 0) is 22.6 Å². The van der Waals surface area contributed by atoms with Gasteiger partial charge in [0, 0.05) is 19.0 Å². The second-order valence-electron chi connectivity index (χ2n) is 6.01. The number of nitrogens with one attached hydrogen (secondary N) is 1. The van der Waals surface area contributed by atoms with Crippen molar-refractivity contribution in [3.63, 3.8) is 0 Å². The first-order valence-corrected chi connectivity index (χ1v) is 8.36. The fourth-order valence-corrected chi connectivity index (χ4v) is 2.62. The Bertz CT molecular complexity index is 577. The molecule has 1 aliphatic heterocycles. The number of nitrogens with zero attached hydrogens (tertiary/aromatic N) is 1. The normalized spacial score (nSPS) is 15.5. The van der Waals surface area contributed by atoms with Crippen molar-refractivity contribution in [2.45, 2.75) is 51.2 Å². The van der Waals surface area contributed by atoms with Crippen LogP contribution in [-0.4, -0.2) is 22.4 Å². The van der Waals surface area contributed by atoms with Crippen molar-refractivity contribution in [3.8, 4) is 5.75 Å². The van der Waals surface area contributed by atoms with Crippen LogP contribution in [0.2, 0.25) is 0 Å². The van der Waals surface area contributed by atoms with Gasteiger partial charge in [-0.3, -0.25) is 0 Å². The fraction of sp³-hybridized carbons (Fsp3) is 0.500. The van der Waals surface area contributed by atoms with Crippen LogP contribution in [0.1, 0.15) is 43.9 Å². The zero-order valence-corrected chi connectivity index (χ0v) is 13.6. The van der Waals surface area contributed by atoms with E-state index in [0.717, 1.165) is 50.0 Å². The molecule has 2 aromatic rings. The fourth-order valence-electron chi connectivity index (χ4n) is 2.62. The Kier molecular flexibility index (Phi) is 5.31. The molecule has 5 nitrogen and oxygen atoms in total. The third kappa shape index (κ3) is 4.81. The topological polar surface area (TPSA) is 63.0 Å². The third-order valence-corrected chi connectivity index (χ3v) is 4.03. The zero-order chi connectivity index (χ0) is 16.0. The van der Waals surface area contributed by atoms with Crippen LogP contribution in [0.25, 0.3) is 0 Å². The van der Waals surface area contributed by atoms with E-state index in [4.69, 9.17) is 14.5 Å². The predicted octanol–water partition coefficient (Wildman–Crippen LogP) is 3.81. The number of H-pyrrole nitrogens is 1. The SMILES string of the molecule is CCCCC1(Cc2ccc(OCCCc3c[nH]cn3)cc2)OO1. The lowest BCUT2D eigenvalue weighted by molar-refractivity contribution is 0.0850. The molecule has 3 rings (SSSR count). The highest BCUT2D eigenvalue weighted by Gasteiger charge is 2.47. The maximum atomic E-state index is 5.77. The van der Waals surface area contributed by atoms with Crippen LogP contribution >= 0.6 is 0 Å². The summed E-state index contributed by atoms with van der Waals surface area (Å²) in [5, 5.41) is 0. The minimum absolute atomic E-state index is 0.373. The van der Waals surface area contributed by atoms with Crippen LogP contribution in [0.4, 0.5) is 0 Å². The Labute approximate surface area is 136 Å². The third-order valence-electron chi connectivity index (χ3n) is 4.03. The Balaban J connectivity index is 1.40. The molecular weight excluding hydrogens is 292 g/mol. The summed E-state index contributed by atoms with van der Waals surface area (Å²) in [6, 6.07) is 8.20. The molecule has 1 fully saturated rings. The van der Waals surface area contributed by atoms with Crippen molar-refractivity contribution in [3.05, 3.63) is 48.0 Å². The molecule has 124 valence electrons. The number of imidazole rings is 1. The van der Waals surface area contributed by atoms with Gasteiger partial charge in [-0.1, -0.05) is 25.5 Å². The van der Waals surface area contributed by atoms with Crippen molar-refractivity contribution in [1.82, 2.24) is 9.97 Å². The molecular formula is C18H24N2O3. The van der Waals surface area contributed by atoms with Gasteiger partial charge in [0.15, 0.2) is 0 Å². The van der Waals surface area contributed by atoms with Crippen molar-refractivity contribution in [1.29, 1.82) is 0 Å². The first-order chi connectivity index (χ1) is 11.3. The standard InChI is InChI=1S/C18H24N2O3/c1-2-3-10-18(22-23-18)12-15-6-8-17(9-7-15)21-11-4-5-16-13-19-14-20-16/h6-9,13-14H,2-5,10-12H2,1H3,(H,19,20). The lowest BCUT2D eigenvalue weighted by Crippen LogP contribution is -2.14. The number of hydrogen-bond acceptors (Lipinski definition) is 4. The average molecular weight is 316 g/mol. The summed E-state index contributed by atoms with van der Waals surface area (Å²) in [6.07, 6.45) is 9.53. The summed E-state index contributed by atoms with van der Waals surface area (Å²) in [6.45, 7) is 2.87. The monoisotopic (exact) mass is 316 g/mol. The quantitative estimate of drug-likeness (QED) is 0.411. The molecule has 0 amide bonds. The minimum Gasteiger partial charge on any atom is -0.494 e. The highest BCUT2D eigenvalue weighted by molar-refractivity contribution is 5.28. The van der Waals surface area contributed by atoms with Crippen LogP contribution < -0.4 is 4.74 Å². The van der Waals surface area contributed by atoms with E-state index in [1.54, 1.807) is 6.33 Å². The number of hydrogen-bond donors (Lipinski definition) is 1. The molecule has 0 aliphatic carbocycles. The van der Waals surface area contributed by atoms with Crippen molar-refractivity contribution < 1.29 is 14.5 Å². The van der Waals surface area contributed by atoms with Gasteiger partial charge in [0.05, 0.1) is 18.6 Å².